The summed E-state index contributed by atoms with van der Waals surface area (Å²) >= 11 is 0. The van der Waals surface area contributed by atoms with E-state index >= 15 is 0 Å². The summed E-state index contributed by atoms with van der Waals surface area (Å²) in [5.41, 5.74) is 6.81. The molecule has 0 spiro atoms. The average molecular weight is 396 g/mol. The number of H-pyrrole nitrogens is 1. The Morgan fingerprint density at radius 1 is 1.28 bits per heavy atom. The highest BCUT2D eigenvalue weighted by molar-refractivity contribution is 5.99. The fraction of sp³-hybridized carbons (Fsp3) is 0.368. The molecule has 10 heteroatoms. The fourth-order valence-corrected chi connectivity index (χ4v) is 2.60. The average Bonchev–Trinajstić information content (AvgIpc) is 3.08. The SMILES string of the molecule is CC(Nc1cnnc(-c2c[nH]c3ncc(C(N)=O)cc23)n1)C(=O)NCC(C)(C)C. The minimum Gasteiger partial charge on any atom is -0.366 e. The van der Waals surface area contributed by atoms with Gasteiger partial charge in [0.25, 0.3) is 0 Å². The van der Waals surface area contributed by atoms with E-state index in [1.165, 1.54) is 12.4 Å². The second kappa shape index (κ2) is 7.82. The van der Waals surface area contributed by atoms with Gasteiger partial charge in [0.05, 0.1) is 11.8 Å². The molecule has 0 radical (unpaired) electrons. The first-order valence-electron chi connectivity index (χ1n) is 9.15. The lowest BCUT2D eigenvalue weighted by atomic mass is 9.97. The van der Waals surface area contributed by atoms with Crippen LogP contribution in [0.5, 0.6) is 0 Å². The van der Waals surface area contributed by atoms with Crippen molar-refractivity contribution in [3.8, 4) is 11.4 Å². The number of rotatable bonds is 6. The number of aromatic nitrogens is 5. The van der Waals surface area contributed by atoms with Crippen LogP contribution in [-0.2, 0) is 4.79 Å². The molecule has 0 aliphatic heterocycles. The summed E-state index contributed by atoms with van der Waals surface area (Å²) < 4.78 is 0. The summed E-state index contributed by atoms with van der Waals surface area (Å²) in [6.07, 6.45) is 4.53. The number of nitrogens with two attached hydrogens (primary N) is 1. The molecule has 0 saturated carbocycles. The van der Waals surface area contributed by atoms with Gasteiger partial charge in [-0.1, -0.05) is 20.8 Å². The number of hydrogen-bond donors (Lipinski definition) is 4. The van der Waals surface area contributed by atoms with E-state index in [4.69, 9.17) is 5.73 Å². The Labute approximate surface area is 167 Å². The topological polar surface area (TPSA) is 152 Å². The van der Waals surface area contributed by atoms with Crippen LogP contribution in [-0.4, -0.2) is 49.6 Å². The lowest BCUT2D eigenvalue weighted by Gasteiger charge is -2.21. The third-order valence-corrected chi connectivity index (χ3v) is 4.17. The summed E-state index contributed by atoms with van der Waals surface area (Å²) in [6.45, 7) is 8.45. The first-order valence-corrected chi connectivity index (χ1v) is 9.15. The third-order valence-electron chi connectivity index (χ3n) is 4.17. The van der Waals surface area contributed by atoms with Crippen LogP contribution < -0.4 is 16.4 Å². The summed E-state index contributed by atoms with van der Waals surface area (Å²) in [5, 5.41) is 14.6. The summed E-state index contributed by atoms with van der Waals surface area (Å²) in [7, 11) is 0. The first-order chi connectivity index (χ1) is 13.6. The molecule has 10 nitrogen and oxygen atoms in total. The number of primary amides is 1. The second-order valence-electron chi connectivity index (χ2n) is 8.00. The molecule has 3 aromatic rings. The number of pyridine rings is 1. The van der Waals surface area contributed by atoms with E-state index < -0.39 is 11.9 Å². The van der Waals surface area contributed by atoms with Crippen LogP contribution in [0, 0.1) is 5.41 Å². The molecule has 3 aromatic heterocycles. The molecule has 29 heavy (non-hydrogen) atoms. The highest BCUT2D eigenvalue weighted by Crippen LogP contribution is 2.26. The van der Waals surface area contributed by atoms with E-state index in [0.717, 1.165) is 0 Å². The van der Waals surface area contributed by atoms with Crippen LogP contribution in [0.1, 0.15) is 38.1 Å². The molecule has 1 atom stereocenters. The van der Waals surface area contributed by atoms with E-state index in [-0.39, 0.29) is 16.9 Å². The van der Waals surface area contributed by atoms with Crippen molar-refractivity contribution in [2.45, 2.75) is 33.7 Å². The normalized spacial score (nSPS) is 12.6. The molecular formula is C19H24N8O2. The zero-order chi connectivity index (χ0) is 21.2. The third kappa shape index (κ3) is 4.84. The number of amides is 2. The van der Waals surface area contributed by atoms with Crippen LogP contribution in [0.3, 0.4) is 0 Å². The van der Waals surface area contributed by atoms with Crippen LogP contribution in [0.15, 0.2) is 24.7 Å². The molecule has 1 unspecified atom stereocenters. The largest absolute Gasteiger partial charge is 0.366 e. The van der Waals surface area contributed by atoms with E-state index in [2.05, 4.69) is 35.8 Å². The van der Waals surface area contributed by atoms with Gasteiger partial charge in [0, 0.05) is 29.9 Å². The maximum absolute atomic E-state index is 12.3. The zero-order valence-electron chi connectivity index (χ0n) is 16.8. The number of anilines is 1. The van der Waals surface area contributed by atoms with E-state index in [1.54, 1.807) is 19.2 Å². The van der Waals surface area contributed by atoms with Crippen LogP contribution >= 0.6 is 0 Å². The summed E-state index contributed by atoms with van der Waals surface area (Å²) in [6, 6.07) is 1.12. The molecule has 0 aliphatic rings. The minimum atomic E-state index is -0.573. The van der Waals surface area contributed by atoms with Crippen molar-refractivity contribution >= 4 is 28.7 Å². The van der Waals surface area contributed by atoms with E-state index in [9.17, 15) is 9.59 Å². The molecule has 0 saturated heterocycles. The standard InChI is InChI=1S/C19H24N8O2/c1-10(18(29)23-9-19(2,3)4)25-14-8-24-27-17(26-14)13-7-22-16-12(13)5-11(6-21-16)15(20)28/h5-8,10H,9H2,1-4H3,(H2,20,28)(H,21,22)(H,23,29)(H,25,26,27). The maximum atomic E-state index is 12.3. The number of carbonyl (C=O) groups excluding carboxylic acids is 2. The van der Waals surface area contributed by atoms with Gasteiger partial charge >= 0.3 is 0 Å². The number of nitrogens with zero attached hydrogens (tertiary/aromatic N) is 4. The van der Waals surface area contributed by atoms with E-state index in [0.29, 0.717) is 34.8 Å². The molecule has 152 valence electrons. The molecule has 0 aliphatic carbocycles. The Hall–Kier alpha value is -3.56. The quantitative estimate of drug-likeness (QED) is 0.492. The molecule has 0 fully saturated rings. The highest BCUT2D eigenvalue weighted by Gasteiger charge is 2.18. The van der Waals surface area contributed by atoms with Gasteiger partial charge < -0.3 is 21.4 Å². The predicted octanol–water partition coefficient (Wildman–Crippen LogP) is 1.48. The van der Waals surface area contributed by atoms with Crippen molar-refractivity contribution in [3.63, 3.8) is 0 Å². The Kier molecular flexibility index (Phi) is 5.44. The van der Waals surface area contributed by atoms with Crippen molar-refractivity contribution < 1.29 is 9.59 Å². The smallest absolute Gasteiger partial charge is 0.250 e. The van der Waals surface area contributed by atoms with Gasteiger partial charge in [-0.15, -0.1) is 5.10 Å². The zero-order valence-corrected chi connectivity index (χ0v) is 16.8. The number of carbonyl (C=O) groups is 2. The Balaban J connectivity index is 1.81. The van der Waals surface area contributed by atoms with Crippen LogP contribution in [0.2, 0.25) is 0 Å². The van der Waals surface area contributed by atoms with Crippen molar-refractivity contribution in [2.75, 3.05) is 11.9 Å². The van der Waals surface area contributed by atoms with Gasteiger partial charge in [-0.05, 0) is 18.4 Å². The molecule has 0 aromatic carbocycles. The van der Waals surface area contributed by atoms with Gasteiger partial charge in [-0.3, -0.25) is 9.59 Å². The van der Waals surface area contributed by atoms with Crippen molar-refractivity contribution in [2.24, 2.45) is 11.1 Å². The highest BCUT2D eigenvalue weighted by atomic mass is 16.2. The Bertz CT molecular complexity index is 1050. The number of nitrogens with one attached hydrogen (secondary N) is 3. The number of aromatic amines is 1. The summed E-state index contributed by atoms with van der Waals surface area (Å²) in [5.74, 6) is 0.0207. The number of fused-ring (bicyclic) bond motifs is 1. The molecule has 2 amide bonds. The van der Waals surface area contributed by atoms with Gasteiger partial charge in [-0.2, -0.15) is 5.10 Å². The minimum absolute atomic E-state index is 0.00778. The van der Waals surface area contributed by atoms with Crippen molar-refractivity contribution in [1.29, 1.82) is 0 Å². The monoisotopic (exact) mass is 396 g/mol. The van der Waals surface area contributed by atoms with Gasteiger partial charge in [0.15, 0.2) is 5.82 Å². The maximum Gasteiger partial charge on any atom is 0.250 e. The Morgan fingerprint density at radius 2 is 2.03 bits per heavy atom. The van der Waals surface area contributed by atoms with Gasteiger partial charge in [-0.25, -0.2) is 9.97 Å². The van der Waals surface area contributed by atoms with Crippen LogP contribution in [0.4, 0.5) is 5.82 Å². The molecular weight excluding hydrogens is 372 g/mol. The van der Waals surface area contributed by atoms with E-state index in [1.807, 2.05) is 20.8 Å². The fourth-order valence-electron chi connectivity index (χ4n) is 2.60. The molecule has 5 N–H and O–H groups in total. The second-order valence-corrected chi connectivity index (χ2v) is 8.00. The van der Waals surface area contributed by atoms with Crippen molar-refractivity contribution in [1.82, 2.24) is 30.5 Å². The number of hydrogen-bond acceptors (Lipinski definition) is 7. The summed E-state index contributed by atoms with van der Waals surface area (Å²) in [4.78, 5) is 35.4. The van der Waals surface area contributed by atoms with Gasteiger partial charge in [0.1, 0.15) is 17.5 Å². The predicted molar refractivity (Wildman–Crippen MR) is 109 cm³/mol. The molecule has 3 heterocycles. The van der Waals surface area contributed by atoms with Gasteiger partial charge in [0.2, 0.25) is 11.8 Å². The molecule has 3 rings (SSSR count). The Morgan fingerprint density at radius 3 is 2.72 bits per heavy atom. The van der Waals surface area contributed by atoms with Crippen molar-refractivity contribution in [3.05, 3.63) is 30.2 Å². The molecule has 0 bridgehead atoms. The lowest BCUT2D eigenvalue weighted by Crippen LogP contribution is -2.41. The lowest BCUT2D eigenvalue weighted by molar-refractivity contribution is -0.121. The first kappa shape index (κ1) is 20.2. The van der Waals surface area contributed by atoms with Crippen LogP contribution in [0.25, 0.3) is 22.4 Å².